The normalized spacial score (nSPS) is 14.8. The number of piperidine rings is 2. The predicted octanol–water partition coefficient (Wildman–Crippen LogP) is 15.5. The number of hydrogen-bond donors (Lipinski definition) is 5. The van der Waals surface area contributed by atoms with Crippen molar-refractivity contribution in [3.8, 4) is 33.4 Å². The molecule has 4 atom stereocenters. The summed E-state index contributed by atoms with van der Waals surface area (Å²) < 4.78 is 26.4. The third kappa shape index (κ3) is 34.7. The van der Waals surface area contributed by atoms with Crippen LogP contribution in [-0.4, -0.2) is 86.3 Å². The monoisotopic (exact) mass is 1990 g/mol. The average Bonchev–Trinajstić information content (AvgIpc) is 0.782. The van der Waals surface area contributed by atoms with Gasteiger partial charge >= 0.3 is 145 Å². The predicted molar refractivity (Wildman–Crippen MR) is 452 cm³/mol. The van der Waals surface area contributed by atoms with Gasteiger partial charge in [-0.05, 0) is 137 Å². The van der Waals surface area contributed by atoms with Crippen molar-refractivity contribution in [1.82, 2.24) is 9.80 Å². The SMILES string of the molecule is C[C@@H](c1ccc(-c2ccc(F)cc2)cc1)N1CC[C@@](CCO)(c2ccccc2)CC1=O.C[C@@H](c1ccc(Br)cc1)N1CC[C@@](CCO)(c2ccccc2)CC1=O.ClP(Cl)c1ccccc1.O=C([PH-])OO.OB(O)c1ccc(F)cc1.[Cs+].[Cs+].[Pd].[c-]1ccccc1.c1ccc(-c2ccccc2)cc1.c1ccc(-c2ccccc2)cc1. The fourth-order valence-corrected chi connectivity index (χ4v) is 14.0. The molecule has 0 saturated carbocycles. The van der Waals surface area contributed by atoms with Gasteiger partial charge in [0, 0.05) is 80.2 Å². The summed E-state index contributed by atoms with van der Waals surface area (Å²) >= 11 is 14.7. The molecule has 0 radical (unpaired) electrons. The third-order valence-corrected chi connectivity index (χ3v) is 21.1. The number of carbonyl (C=O) groups excluding carboxylic acids is 3. The van der Waals surface area contributed by atoms with Crippen LogP contribution in [0.5, 0.6) is 0 Å². The molecule has 2 fully saturated rings. The number of nitrogens with zero attached hydrogens (tertiary/aromatic N) is 2. The number of aliphatic hydroxyl groups excluding tert-OH is 2. The topological polar surface area (TPSA) is 168 Å². The summed E-state index contributed by atoms with van der Waals surface area (Å²) in [4.78, 5) is 42.4. The van der Waals surface area contributed by atoms with Gasteiger partial charge in [-0.3, -0.25) is 14.4 Å². The van der Waals surface area contributed by atoms with Crippen molar-refractivity contribution in [1.29, 1.82) is 0 Å². The van der Waals surface area contributed by atoms with Crippen LogP contribution in [0.2, 0.25) is 0 Å². The standard InChI is InChI=1S/C27H28FNO2.C21H24BrNO2.2C12H10.C6H6BFO2.C6H5Cl2P.C6H5.CH2O3P.2Cs.Pd/c1-20(21-7-9-22(10-8-21)23-11-13-25(28)14-12-23)29-17-15-27(16-18-30,19-26(29)31)24-5-3-2-4-6-24;1-16(17-7-9-19(22)10-8-17)23-13-11-21(12-14-24,15-20(23)25)18-5-3-2-4-6-18;2*1-3-7-11(8-4-1)12-9-5-2-6-10-12;8-6-3-1-5(2-4-6)7(9)10;7-9(8)6-4-2-1-3-5-6;1-2-4-6-5-3-1;2-1(5)4-3;;;/h2-14,20,30H,15-19H2,1H3;2-10,16,24H,11-15H2,1H3;2*1-10H;1-4,9-10H;1-5H;1-5H;3,5H;;;/q;;;;;;2*-1;2*+1;/t20-,27-;16-,21-;;;;;;;;;/m00........./s1. The first-order valence-electron chi connectivity index (χ1n) is 35.8. The molecule has 11 nitrogen and oxygen atoms in total. The first-order valence-corrected chi connectivity index (χ1v) is 40.2. The zero-order valence-corrected chi connectivity index (χ0v) is 82.7. The summed E-state index contributed by atoms with van der Waals surface area (Å²) in [5.41, 5.74) is 10.5. The van der Waals surface area contributed by atoms with Crippen LogP contribution in [0.4, 0.5) is 13.6 Å². The number of carbonyl (C=O) groups is 3. The first kappa shape index (κ1) is 101. The minimum absolute atomic E-state index is 0. The van der Waals surface area contributed by atoms with Crippen LogP contribution in [0, 0.1) is 17.7 Å². The summed E-state index contributed by atoms with van der Waals surface area (Å²) in [6.45, 7) is 4.74. The molecule has 0 aliphatic carbocycles. The van der Waals surface area contributed by atoms with Crippen molar-refractivity contribution in [2.75, 3.05) is 26.3 Å². The van der Waals surface area contributed by atoms with E-state index < -0.39 is 19.5 Å². The summed E-state index contributed by atoms with van der Waals surface area (Å²) in [6, 6.07) is 112. The number of benzene rings is 12. The van der Waals surface area contributed by atoms with Crippen LogP contribution in [-0.2, 0) is 45.7 Å². The molecule has 14 rings (SSSR count). The Morgan fingerprint density at radius 1 is 0.487 bits per heavy atom. The molecule has 0 aromatic heterocycles. The molecule has 12 aromatic carbocycles. The quantitative estimate of drug-likeness (QED) is 0.0221. The number of hydrogen-bond acceptors (Lipinski definition) is 9. The number of amides is 2. The molecule has 22 heteroatoms. The molecule has 113 heavy (non-hydrogen) atoms. The van der Waals surface area contributed by atoms with Gasteiger partial charge in [-0.1, -0.05) is 311 Å². The average molecular weight is 1990 g/mol. The zero-order chi connectivity index (χ0) is 78.9. The van der Waals surface area contributed by atoms with E-state index >= 15 is 0 Å². The molecular weight excluding hydrogens is 1900 g/mol. The summed E-state index contributed by atoms with van der Waals surface area (Å²) in [5, 5.41) is 44.6. The minimum atomic E-state index is -1.51. The van der Waals surface area contributed by atoms with Gasteiger partial charge in [0.05, 0.1) is 12.1 Å². The van der Waals surface area contributed by atoms with E-state index in [1.165, 1.54) is 58.7 Å². The van der Waals surface area contributed by atoms with Gasteiger partial charge in [-0.15, -0.1) is 0 Å². The Bertz CT molecular complexity index is 4390. The molecule has 12 aromatic rings. The maximum Gasteiger partial charge on any atom is 1.00 e. The van der Waals surface area contributed by atoms with Gasteiger partial charge in [0.25, 0.3) is 0 Å². The summed E-state index contributed by atoms with van der Waals surface area (Å²) in [6.07, 6.45) is 3.81. The van der Waals surface area contributed by atoms with E-state index in [0.717, 1.165) is 56.0 Å². The molecule has 0 bridgehead atoms. The fourth-order valence-electron chi connectivity index (χ4n) is 12.7. The van der Waals surface area contributed by atoms with Crippen LogP contribution in [0.1, 0.15) is 86.7 Å². The number of aliphatic hydroxyl groups is 2. The van der Waals surface area contributed by atoms with Gasteiger partial charge in [0.15, 0.2) is 5.71 Å². The van der Waals surface area contributed by atoms with Crippen LogP contribution in [0.3, 0.4) is 0 Å². The molecule has 2 aliphatic rings. The van der Waals surface area contributed by atoms with E-state index in [-0.39, 0.29) is 218 Å². The second-order valence-electron chi connectivity index (χ2n) is 25.7. The number of likely N-dealkylation sites (tertiary alicyclic amines) is 2. The van der Waals surface area contributed by atoms with Crippen molar-refractivity contribution in [3.05, 3.63) is 384 Å². The maximum atomic E-state index is 13.2. The second-order valence-corrected chi connectivity index (χ2v) is 30.6. The number of rotatable bonds is 15. The summed E-state index contributed by atoms with van der Waals surface area (Å²) in [5.74, 6) is -0.340. The molecular formula is C91H90BBrCl2Cs2F2N2O9P2Pd. The van der Waals surface area contributed by atoms with E-state index in [1.54, 1.807) is 12.1 Å². The van der Waals surface area contributed by atoms with Crippen molar-refractivity contribution >= 4 is 89.7 Å². The van der Waals surface area contributed by atoms with Crippen molar-refractivity contribution in [3.63, 3.8) is 0 Å². The molecule has 0 spiro atoms. The molecule has 5 N–H and O–H groups in total. The Balaban J connectivity index is 0.000000291. The van der Waals surface area contributed by atoms with E-state index in [4.69, 9.17) is 37.8 Å². The Morgan fingerprint density at radius 3 is 1.04 bits per heavy atom. The van der Waals surface area contributed by atoms with Crippen LogP contribution >= 0.6 is 54.3 Å². The van der Waals surface area contributed by atoms with Gasteiger partial charge < -0.3 is 44.2 Å². The van der Waals surface area contributed by atoms with E-state index in [2.05, 4.69) is 183 Å². The molecule has 0 unspecified atom stereocenters. The molecule has 578 valence electrons. The first-order chi connectivity index (χ1) is 53.3. The van der Waals surface area contributed by atoms with E-state index in [1.807, 2.05) is 168 Å². The van der Waals surface area contributed by atoms with Gasteiger partial charge in [-0.25, -0.2) is 14.0 Å². The van der Waals surface area contributed by atoms with Gasteiger partial charge in [0.1, 0.15) is 18.3 Å². The van der Waals surface area contributed by atoms with Crippen LogP contribution in [0.25, 0.3) is 33.4 Å². The van der Waals surface area contributed by atoms with Gasteiger partial charge in [0.2, 0.25) is 11.8 Å². The Kier molecular flexibility index (Phi) is 50.0. The Hall–Kier alpha value is -4.54. The van der Waals surface area contributed by atoms with Crippen molar-refractivity contribution in [2.45, 2.75) is 75.3 Å². The summed E-state index contributed by atoms with van der Waals surface area (Å²) in [7, 11) is 0.791. The number of halogens is 5. The van der Waals surface area contributed by atoms with E-state index in [0.29, 0.717) is 44.2 Å². The fraction of sp³-hybridized carbons (Fsp3) is 0.176. The second kappa shape index (κ2) is 56.0. The third-order valence-electron chi connectivity index (χ3n) is 18.7. The largest absolute Gasteiger partial charge is 1.00 e. The Labute approximate surface area is 818 Å². The van der Waals surface area contributed by atoms with E-state index in [9.17, 15) is 33.4 Å². The molecule has 2 amide bonds. The van der Waals surface area contributed by atoms with Crippen molar-refractivity contribution < 1.29 is 212 Å². The maximum absolute atomic E-state index is 13.2. The smallest absolute Gasteiger partial charge is 0.432 e. The Morgan fingerprint density at radius 2 is 0.770 bits per heavy atom. The van der Waals surface area contributed by atoms with Crippen LogP contribution in [0.15, 0.2) is 344 Å². The molecule has 2 aliphatic heterocycles. The molecule has 2 heterocycles. The molecule has 2 saturated heterocycles. The van der Waals surface area contributed by atoms with Crippen LogP contribution < -0.4 is 149 Å². The van der Waals surface area contributed by atoms with Crippen molar-refractivity contribution in [2.24, 2.45) is 0 Å². The van der Waals surface area contributed by atoms with Gasteiger partial charge in [-0.2, -0.15) is 36.4 Å². The zero-order valence-electron chi connectivity index (χ0n) is 63.6. The minimum Gasteiger partial charge on any atom is -0.432 e.